The van der Waals surface area contributed by atoms with Crippen LogP contribution in [0.1, 0.15) is 63.0 Å². The highest BCUT2D eigenvalue weighted by molar-refractivity contribution is 6.30. The summed E-state index contributed by atoms with van der Waals surface area (Å²) in [6.07, 6.45) is 7.45. The van der Waals surface area contributed by atoms with Crippen molar-refractivity contribution in [3.05, 3.63) is 34.9 Å². The summed E-state index contributed by atoms with van der Waals surface area (Å²) in [5.74, 6) is -0.386. The van der Waals surface area contributed by atoms with Crippen LogP contribution >= 0.6 is 11.6 Å². The molecule has 1 amide bonds. The van der Waals surface area contributed by atoms with Gasteiger partial charge in [0, 0.05) is 11.4 Å². The predicted molar refractivity (Wildman–Crippen MR) is 90.4 cm³/mol. The van der Waals surface area contributed by atoms with E-state index in [0.717, 1.165) is 12.0 Å². The number of hydrogen-bond donors (Lipinski definition) is 2. The molecule has 0 saturated heterocycles. The van der Waals surface area contributed by atoms with Gasteiger partial charge in [-0.15, -0.1) is 0 Å². The predicted octanol–water partition coefficient (Wildman–Crippen LogP) is 4.33. The number of carbonyl (C=O) groups is 2. The van der Waals surface area contributed by atoms with Crippen molar-refractivity contribution in [3.8, 4) is 0 Å². The number of hydrogen-bond acceptors (Lipinski definition) is 2. The van der Waals surface area contributed by atoms with Crippen molar-refractivity contribution in [1.82, 2.24) is 5.32 Å². The molecule has 0 radical (unpaired) electrons. The molecule has 1 aliphatic carbocycles. The minimum Gasteiger partial charge on any atom is -0.481 e. The highest BCUT2D eigenvalue weighted by atomic mass is 35.5. The van der Waals surface area contributed by atoms with Crippen molar-refractivity contribution in [2.75, 3.05) is 0 Å². The lowest BCUT2D eigenvalue weighted by Gasteiger charge is -2.22. The van der Waals surface area contributed by atoms with Gasteiger partial charge in [-0.1, -0.05) is 55.8 Å². The second-order valence-electron chi connectivity index (χ2n) is 6.32. The summed E-state index contributed by atoms with van der Waals surface area (Å²) < 4.78 is 0. The molecule has 1 aromatic rings. The van der Waals surface area contributed by atoms with Crippen LogP contribution in [0.15, 0.2) is 24.3 Å². The number of carboxylic acid groups (broad SMARTS) is 1. The summed E-state index contributed by atoms with van der Waals surface area (Å²) in [6, 6.07) is 6.46. The Kier molecular flexibility index (Phi) is 6.90. The molecule has 1 atom stereocenters. The van der Waals surface area contributed by atoms with Crippen LogP contribution in [0, 0.1) is 5.92 Å². The fourth-order valence-electron chi connectivity index (χ4n) is 3.23. The Morgan fingerprint density at radius 2 is 2.00 bits per heavy atom. The molecule has 0 aromatic heterocycles. The van der Waals surface area contributed by atoms with Gasteiger partial charge in [0.2, 0.25) is 5.91 Å². The van der Waals surface area contributed by atoms with Gasteiger partial charge < -0.3 is 10.4 Å². The fraction of sp³-hybridized carbons (Fsp3) is 0.556. The summed E-state index contributed by atoms with van der Waals surface area (Å²) in [4.78, 5) is 23.3. The van der Waals surface area contributed by atoms with Gasteiger partial charge in [-0.2, -0.15) is 0 Å². The van der Waals surface area contributed by atoms with E-state index in [0.29, 0.717) is 17.4 Å². The lowest BCUT2D eigenvalue weighted by Crippen LogP contribution is -2.30. The molecule has 0 heterocycles. The number of rotatable bonds is 7. The smallest absolute Gasteiger partial charge is 0.305 e. The Balaban J connectivity index is 1.91. The number of nitrogens with one attached hydrogen (secondary N) is 1. The molecule has 0 aliphatic heterocycles. The lowest BCUT2D eigenvalue weighted by atomic mass is 9.86. The minimum absolute atomic E-state index is 0.0817. The molecule has 1 aliphatic rings. The van der Waals surface area contributed by atoms with E-state index in [9.17, 15) is 9.59 Å². The van der Waals surface area contributed by atoms with Gasteiger partial charge in [0.25, 0.3) is 0 Å². The van der Waals surface area contributed by atoms with E-state index >= 15 is 0 Å². The molecule has 0 unspecified atom stereocenters. The monoisotopic (exact) mass is 337 g/mol. The van der Waals surface area contributed by atoms with E-state index in [2.05, 4.69) is 5.32 Å². The lowest BCUT2D eigenvalue weighted by molar-refractivity contribution is -0.137. The third-order valence-electron chi connectivity index (χ3n) is 4.47. The molecular weight excluding hydrogens is 314 g/mol. The molecule has 23 heavy (non-hydrogen) atoms. The topological polar surface area (TPSA) is 66.4 Å². The van der Waals surface area contributed by atoms with Crippen molar-refractivity contribution in [2.24, 2.45) is 5.92 Å². The van der Waals surface area contributed by atoms with Crippen LogP contribution in [0.4, 0.5) is 0 Å². The Morgan fingerprint density at radius 3 is 2.65 bits per heavy atom. The first-order valence-corrected chi connectivity index (χ1v) is 8.69. The quantitative estimate of drug-likeness (QED) is 0.778. The standard InChI is InChI=1S/C18H24ClNO3/c19-15-8-4-7-14(11-15)16(12-18(22)23)20-17(21)10-9-13-5-2-1-3-6-13/h4,7-8,11,13,16H,1-3,5-6,9-10,12H2,(H,20,21)(H,22,23)/t16-/m1/s1. The van der Waals surface area contributed by atoms with Gasteiger partial charge in [0.15, 0.2) is 0 Å². The van der Waals surface area contributed by atoms with E-state index in [1.54, 1.807) is 24.3 Å². The summed E-state index contributed by atoms with van der Waals surface area (Å²) in [7, 11) is 0. The minimum atomic E-state index is -0.942. The zero-order chi connectivity index (χ0) is 16.7. The molecule has 1 fully saturated rings. The molecule has 2 rings (SSSR count). The maximum Gasteiger partial charge on any atom is 0.305 e. The van der Waals surface area contributed by atoms with Crippen LogP contribution < -0.4 is 5.32 Å². The highest BCUT2D eigenvalue weighted by Gasteiger charge is 2.20. The average Bonchev–Trinajstić information content (AvgIpc) is 2.53. The molecule has 126 valence electrons. The van der Waals surface area contributed by atoms with Gasteiger partial charge in [-0.25, -0.2) is 0 Å². The second-order valence-corrected chi connectivity index (χ2v) is 6.75. The Bertz CT molecular complexity index is 541. The number of benzene rings is 1. The summed E-state index contributed by atoms with van der Waals surface area (Å²) in [6.45, 7) is 0. The number of halogens is 1. The normalized spacial score (nSPS) is 16.7. The average molecular weight is 338 g/mol. The zero-order valence-electron chi connectivity index (χ0n) is 13.3. The van der Waals surface area contributed by atoms with Crippen molar-refractivity contribution in [1.29, 1.82) is 0 Å². The van der Waals surface area contributed by atoms with Crippen LogP contribution in [0.25, 0.3) is 0 Å². The second kappa shape index (κ2) is 8.92. The van der Waals surface area contributed by atoms with Crippen molar-refractivity contribution in [2.45, 2.75) is 57.4 Å². The molecule has 1 aromatic carbocycles. The van der Waals surface area contributed by atoms with E-state index in [4.69, 9.17) is 16.7 Å². The van der Waals surface area contributed by atoms with Crippen LogP contribution in [-0.4, -0.2) is 17.0 Å². The van der Waals surface area contributed by atoms with Gasteiger partial charge >= 0.3 is 5.97 Å². The molecule has 0 bridgehead atoms. The molecule has 5 heteroatoms. The number of carboxylic acids is 1. The largest absolute Gasteiger partial charge is 0.481 e. The van der Waals surface area contributed by atoms with Crippen molar-refractivity contribution >= 4 is 23.5 Å². The van der Waals surface area contributed by atoms with Crippen LogP contribution in [0.3, 0.4) is 0 Å². The summed E-state index contributed by atoms with van der Waals surface area (Å²) in [5.41, 5.74) is 0.728. The van der Waals surface area contributed by atoms with E-state index in [1.165, 1.54) is 32.1 Å². The first-order chi connectivity index (χ1) is 11.0. The SMILES string of the molecule is O=C(O)C[C@@H](NC(=O)CCC1CCCCC1)c1cccc(Cl)c1. The number of amides is 1. The van der Waals surface area contributed by atoms with Gasteiger partial charge in [-0.3, -0.25) is 9.59 Å². The first kappa shape index (κ1) is 17.8. The van der Waals surface area contributed by atoms with E-state index in [1.807, 2.05) is 0 Å². The Morgan fingerprint density at radius 1 is 1.26 bits per heavy atom. The number of carbonyl (C=O) groups excluding carboxylic acids is 1. The maximum absolute atomic E-state index is 12.2. The van der Waals surface area contributed by atoms with Gasteiger partial charge in [-0.05, 0) is 30.0 Å². The first-order valence-electron chi connectivity index (χ1n) is 8.31. The summed E-state index contributed by atoms with van der Waals surface area (Å²) >= 11 is 5.96. The van der Waals surface area contributed by atoms with Crippen LogP contribution in [0.2, 0.25) is 5.02 Å². The molecule has 0 spiro atoms. The Hall–Kier alpha value is -1.55. The third-order valence-corrected chi connectivity index (χ3v) is 4.70. The molecular formula is C18H24ClNO3. The fourth-order valence-corrected chi connectivity index (χ4v) is 3.43. The maximum atomic E-state index is 12.2. The van der Waals surface area contributed by atoms with E-state index < -0.39 is 12.0 Å². The van der Waals surface area contributed by atoms with Crippen molar-refractivity contribution in [3.63, 3.8) is 0 Å². The van der Waals surface area contributed by atoms with Gasteiger partial charge in [0.05, 0.1) is 12.5 Å². The van der Waals surface area contributed by atoms with Crippen LogP contribution in [-0.2, 0) is 9.59 Å². The highest BCUT2D eigenvalue weighted by Crippen LogP contribution is 2.27. The summed E-state index contributed by atoms with van der Waals surface area (Å²) in [5, 5.41) is 12.5. The molecule has 2 N–H and O–H groups in total. The molecule has 4 nitrogen and oxygen atoms in total. The van der Waals surface area contributed by atoms with Crippen LogP contribution in [0.5, 0.6) is 0 Å². The molecule has 1 saturated carbocycles. The third kappa shape index (κ3) is 6.22. The Labute approximate surface area is 142 Å². The van der Waals surface area contributed by atoms with E-state index in [-0.39, 0.29) is 12.3 Å². The number of aliphatic carboxylic acids is 1. The van der Waals surface area contributed by atoms with Crippen molar-refractivity contribution < 1.29 is 14.7 Å². The van der Waals surface area contributed by atoms with Gasteiger partial charge in [0.1, 0.15) is 0 Å². The zero-order valence-corrected chi connectivity index (χ0v) is 14.0.